The second-order valence-corrected chi connectivity index (χ2v) is 9.40. The van der Waals surface area contributed by atoms with Gasteiger partial charge in [0.2, 0.25) is 0 Å². The van der Waals surface area contributed by atoms with E-state index >= 15 is 4.39 Å². The van der Waals surface area contributed by atoms with Crippen molar-refractivity contribution in [3.8, 4) is 11.5 Å². The highest BCUT2D eigenvalue weighted by Gasteiger charge is 2.21. The molecule has 0 fully saturated rings. The van der Waals surface area contributed by atoms with Crippen LogP contribution >= 0.6 is 0 Å². The fourth-order valence-corrected chi connectivity index (χ4v) is 3.90. The van der Waals surface area contributed by atoms with Gasteiger partial charge in [-0.1, -0.05) is 52.1 Å². The summed E-state index contributed by atoms with van der Waals surface area (Å²) in [5.74, 6) is 0.0241. The summed E-state index contributed by atoms with van der Waals surface area (Å²) in [5.41, 5.74) is 5.05. The van der Waals surface area contributed by atoms with Crippen LogP contribution in [0.5, 0.6) is 0 Å². The number of H-pyrrole nitrogens is 2. The van der Waals surface area contributed by atoms with Crippen molar-refractivity contribution in [3.05, 3.63) is 84.8 Å². The first-order valence-corrected chi connectivity index (χ1v) is 11.1. The van der Waals surface area contributed by atoms with E-state index in [1.807, 2.05) is 43.3 Å². The average molecular weight is 457 g/mol. The highest BCUT2D eigenvalue weighted by atomic mass is 19.1. The molecule has 34 heavy (non-hydrogen) atoms. The number of allylic oxidation sites excluding steroid dienone is 5. The highest BCUT2D eigenvalue weighted by Crippen LogP contribution is 2.31. The van der Waals surface area contributed by atoms with Gasteiger partial charge in [0.1, 0.15) is 11.4 Å². The number of benzene rings is 1. The third-order valence-electron chi connectivity index (χ3n) is 5.34. The molecule has 0 bridgehead atoms. The van der Waals surface area contributed by atoms with Gasteiger partial charge >= 0.3 is 0 Å². The molecular weight excluding hydrogens is 427 g/mol. The van der Waals surface area contributed by atoms with E-state index < -0.39 is 5.82 Å². The van der Waals surface area contributed by atoms with Gasteiger partial charge in [-0.15, -0.1) is 0 Å². The van der Waals surface area contributed by atoms with Crippen LogP contribution in [0.4, 0.5) is 4.39 Å². The second kappa shape index (κ2) is 9.09. The van der Waals surface area contributed by atoms with E-state index in [1.54, 1.807) is 12.3 Å². The van der Waals surface area contributed by atoms with Crippen LogP contribution in [-0.2, 0) is 0 Å². The minimum Gasteiger partial charge on any atom is -0.359 e. The summed E-state index contributed by atoms with van der Waals surface area (Å²) in [4.78, 5) is 12.2. The lowest BCUT2D eigenvalue weighted by Crippen LogP contribution is -2.16. The minimum atomic E-state index is -0.469. The lowest BCUT2D eigenvalue weighted by atomic mass is 9.91. The molecule has 0 unspecified atom stereocenters. The summed E-state index contributed by atoms with van der Waals surface area (Å²) in [5, 5.41) is 10.8. The Morgan fingerprint density at radius 2 is 1.97 bits per heavy atom. The molecule has 0 radical (unpaired) electrons. The number of rotatable bonds is 7. The Kier molecular flexibility index (Phi) is 6.20. The predicted octanol–water partition coefficient (Wildman–Crippen LogP) is 6.65. The lowest BCUT2D eigenvalue weighted by molar-refractivity contribution is 0.403. The van der Waals surface area contributed by atoms with Gasteiger partial charge < -0.3 is 10.3 Å². The zero-order valence-corrected chi connectivity index (χ0v) is 20.0. The topological polar surface area (TPSA) is 82.3 Å². The molecule has 3 heterocycles. The normalized spacial score (nSPS) is 13.0. The molecule has 0 saturated carbocycles. The van der Waals surface area contributed by atoms with Crippen molar-refractivity contribution in [1.29, 1.82) is 0 Å². The van der Waals surface area contributed by atoms with Crippen LogP contribution in [0.1, 0.15) is 39.8 Å². The first-order chi connectivity index (χ1) is 16.2. The molecule has 4 aromatic rings. The molecule has 3 aromatic heterocycles. The fraction of sp³-hybridized carbons (Fsp3) is 0.222. The Balaban J connectivity index is 1.74. The first kappa shape index (κ1) is 23.2. The molecule has 3 N–H and O–H groups in total. The lowest BCUT2D eigenvalue weighted by Gasteiger charge is -2.21. The van der Waals surface area contributed by atoms with Gasteiger partial charge in [-0.3, -0.25) is 10.1 Å². The monoisotopic (exact) mass is 456 g/mol. The van der Waals surface area contributed by atoms with Crippen LogP contribution in [-0.4, -0.2) is 25.1 Å². The smallest absolute Gasteiger partial charge is 0.161 e. The largest absolute Gasteiger partial charge is 0.359 e. The predicted molar refractivity (Wildman–Crippen MR) is 137 cm³/mol. The number of para-hydroxylation sites is 2. The molecule has 0 aliphatic heterocycles. The van der Waals surface area contributed by atoms with Gasteiger partial charge in [0, 0.05) is 17.0 Å². The van der Waals surface area contributed by atoms with E-state index in [4.69, 9.17) is 0 Å². The van der Waals surface area contributed by atoms with Gasteiger partial charge in [-0.2, -0.15) is 5.10 Å². The van der Waals surface area contributed by atoms with Crippen LogP contribution in [0.3, 0.4) is 0 Å². The summed E-state index contributed by atoms with van der Waals surface area (Å²) < 4.78 is 15.9. The number of aromatic amines is 2. The minimum absolute atomic E-state index is 0.0901. The molecular formula is C27H29FN6. The molecule has 0 aliphatic rings. The number of pyridine rings is 1. The number of nitrogens with one attached hydrogen (secondary N) is 3. The SMILES string of the molecule is C=C/C(=C\C(=C/C)c1ncc2[nH]nc(-c3nc4ccccc4[nH]3)c2c1F)NC(=C)CC(C)(C)C. The second-order valence-electron chi connectivity index (χ2n) is 9.40. The molecule has 4 rings (SSSR count). The van der Waals surface area contributed by atoms with Gasteiger partial charge in [-0.05, 0) is 43.0 Å². The maximum absolute atomic E-state index is 15.9. The fourth-order valence-electron chi connectivity index (χ4n) is 3.90. The molecule has 0 spiro atoms. The summed E-state index contributed by atoms with van der Waals surface area (Å²) in [6, 6.07) is 7.64. The number of halogens is 1. The van der Waals surface area contributed by atoms with Crippen LogP contribution < -0.4 is 5.32 Å². The van der Waals surface area contributed by atoms with Crippen molar-refractivity contribution in [1.82, 2.24) is 30.5 Å². The molecule has 0 atom stereocenters. The summed E-state index contributed by atoms with van der Waals surface area (Å²) in [7, 11) is 0. The Morgan fingerprint density at radius 1 is 1.21 bits per heavy atom. The Bertz CT molecular complexity index is 1410. The van der Waals surface area contributed by atoms with E-state index in [1.165, 1.54) is 0 Å². The molecule has 1 aromatic carbocycles. The van der Waals surface area contributed by atoms with E-state index in [-0.39, 0.29) is 11.1 Å². The number of imidazole rings is 1. The van der Waals surface area contributed by atoms with Crippen LogP contribution in [0.15, 0.2) is 73.2 Å². The summed E-state index contributed by atoms with van der Waals surface area (Å²) in [6.07, 6.45) is 7.70. The highest BCUT2D eigenvalue weighted by molar-refractivity contribution is 5.95. The Hall–Kier alpha value is -4.00. The Morgan fingerprint density at radius 3 is 2.65 bits per heavy atom. The van der Waals surface area contributed by atoms with Gasteiger partial charge in [-0.25, -0.2) is 9.37 Å². The number of aromatic nitrogens is 5. The third kappa shape index (κ3) is 4.69. The number of hydrogen-bond acceptors (Lipinski definition) is 4. The van der Waals surface area contributed by atoms with E-state index in [9.17, 15) is 0 Å². The molecule has 7 heteroatoms. The average Bonchev–Trinajstić information content (AvgIpc) is 3.40. The van der Waals surface area contributed by atoms with Crippen molar-refractivity contribution >= 4 is 27.5 Å². The molecule has 0 amide bonds. The molecule has 0 saturated heterocycles. The van der Waals surface area contributed by atoms with Crippen LogP contribution in [0.25, 0.3) is 39.0 Å². The van der Waals surface area contributed by atoms with Crippen molar-refractivity contribution in [3.63, 3.8) is 0 Å². The standard InChI is InChI=1S/C27H29FN6/c1-7-17(13-18(8-2)30-16(3)14-27(4,5)6)24-23(28)22-21(15-29-24)33-34-25(22)26-31-19-11-9-10-12-20(19)32-26/h7-13,15,30H,2-3,14H2,1,4-6H3,(H,31,32)(H,33,34)/b17-7+,18-13+. The molecule has 174 valence electrons. The molecule has 6 nitrogen and oxygen atoms in total. The zero-order chi connectivity index (χ0) is 24.5. The molecule has 0 aliphatic carbocycles. The van der Waals surface area contributed by atoms with Crippen molar-refractivity contribution < 1.29 is 4.39 Å². The zero-order valence-electron chi connectivity index (χ0n) is 20.0. The van der Waals surface area contributed by atoms with Gasteiger partial charge in [0.25, 0.3) is 0 Å². The van der Waals surface area contributed by atoms with E-state index in [0.29, 0.717) is 33.7 Å². The van der Waals surface area contributed by atoms with E-state index in [0.717, 1.165) is 23.2 Å². The van der Waals surface area contributed by atoms with Gasteiger partial charge in [0.15, 0.2) is 11.6 Å². The van der Waals surface area contributed by atoms with E-state index in [2.05, 4.69) is 64.4 Å². The van der Waals surface area contributed by atoms with Crippen molar-refractivity contribution in [2.24, 2.45) is 5.41 Å². The number of fused-ring (bicyclic) bond motifs is 2. The maximum atomic E-state index is 15.9. The van der Waals surface area contributed by atoms with Crippen molar-refractivity contribution in [2.45, 2.75) is 34.1 Å². The summed E-state index contributed by atoms with van der Waals surface area (Å²) >= 11 is 0. The quantitative estimate of drug-likeness (QED) is 0.272. The summed E-state index contributed by atoms with van der Waals surface area (Å²) in [6.45, 7) is 16.3. The van der Waals surface area contributed by atoms with Gasteiger partial charge in [0.05, 0.1) is 28.1 Å². The third-order valence-corrected chi connectivity index (χ3v) is 5.34. The van der Waals surface area contributed by atoms with Crippen LogP contribution in [0, 0.1) is 11.2 Å². The Labute approximate surface area is 198 Å². The number of nitrogens with zero attached hydrogens (tertiary/aromatic N) is 3. The van der Waals surface area contributed by atoms with Crippen LogP contribution in [0.2, 0.25) is 0 Å². The van der Waals surface area contributed by atoms with Crippen molar-refractivity contribution in [2.75, 3.05) is 0 Å². The number of hydrogen-bond donors (Lipinski definition) is 3. The first-order valence-electron chi connectivity index (χ1n) is 11.1. The maximum Gasteiger partial charge on any atom is 0.161 e.